The SMILES string of the molecule is CC(=O)OCc1c(F)cc2ncccc2c1F. The third kappa shape index (κ3) is 2.22. The number of hydrogen-bond donors (Lipinski definition) is 0. The van der Waals surface area contributed by atoms with Crippen molar-refractivity contribution in [2.45, 2.75) is 13.5 Å². The molecule has 0 unspecified atom stereocenters. The van der Waals surface area contributed by atoms with Gasteiger partial charge in [-0.2, -0.15) is 0 Å². The Labute approximate surface area is 96.0 Å². The number of hydrogen-bond acceptors (Lipinski definition) is 3. The van der Waals surface area contributed by atoms with Gasteiger partial charge in [-0.3, -0.25) is 9.78 Å². The minimum absolute atomic E-state index is 0.205. The number of pyridine rings is 1. The zero-order valence-electron chi connectivity index (χ0n) is 9.04. The van der Waals surface area contributed by atoms with Crippen LogP contribution in [-0.2, 0) is 16.1 Å². The Kier molecular flexibility index (Phi) is 2.99. The number of benzene rings is 1. The molecule has 0 N–H and O–H groups in total. The summed E-state index contributed by atoms with van der Waals surface area (Å²) in [7, 11) is 0. The number of halogens is 2. The van der Waals surface area contributed by atoms with Crippen molar-refractivity contribution in [1.29, 1.82) is 0 Å². The van der Waals surface area contributed by atoms with Crippen LogP contribution in [0.15, 0.2) is 24.4 Å². The molecule has 17 heavy (non-hydrogen) atoms. The van der Waals surface area contributed by atoms with Gasteiger partial charge in [0.05, 0.1) is 11.1 Å². The van der Waals surface area contributed by atoms with Crippen LogP contribution in [0.25, 0.3) is 10.9 Å². The van der Waals surface area contributed by atoms with Gasteiger partial charge in [-0.15, -0.1) is 0 Å². The third-order valence-corrected chi connectivity index (χ3v) is 2.31. The molecule has 0 bridgehead atoms. The van der Waals surface area contributed by atoms with E-state index in [9.17, 15) is 13.6 Å². The van der Waals surface area contributed by atoms with Crippen molar-refractivity contribution in [2.75, 3.05) is 0 Å². The van der Waals surface area contributed by atoms with Crippen molar-refractivity contribution in [2.24, 2.45) is 0 Å². The van der Waals surface area contributed by atoms with Crippen molar-refractivity contribution in [1.82, 2.24) is 4.98 Å². The summed E-state index contributed by atoms with van der Waals surface area (Å²) in [6.07, 6.45) is 1.45. The van der Waals surface area contributed by atoms with Gasteiger partial charge >= 0.3 is 5.97 Å². The van der Waals surface area contributed by atoms with Crippen LogP contribution in [0, 0.1) is 11.6 Å². The van der Waals surface area contributed by atoms with Crippen molar-refractivity contribution < 1.29 is 18.3 Å². The normalized spacial score (nSPS) is 10.5. The topological polar surface area (TPSA) is 39.2 Å². The van der Waals surface area contributed by atoms with Gasteiger partial charge < -0.3 is 4.74 Å². The molecule has 1 aromatic heterocycles. The molecule has 0 saturated carbocycles. The van der Waals surface area contributed by atoms with E-state index in [-0.39, 0.29) is 16.5 Å². The van der Waals surface area contributed by atoms with E-state index in [0.717, 1.165) is 6.07 Å². The zero-order valence-corrected chi connectivity index (χ0v) is 9.04. The summed E-state index contributed by atoms with van der Waals surface area (Å²) in [4.78, 5) is 14.5. The molecule has 0 saturated heterocycles. The van der Waals surface area contributed by atoms with E-state index in [4.69, 9.17) is 0 Å². The Bertz CT molecular complexity index is 584. The predicted molar refractivity (Wildman–Crippen MR) is 57.1 cm³/mol. The number of carbonyl (C=O) groups is 1. The second-order valence-electron chi connectivity index (χ2n) is 3.50. The molecule has 0 aliphatic rings. The first-order valence-corrected chi connectivity index (χ1v) is 4.94. The molecule has 1 heterocycles. The van der Waals surface area contributed by atoms with Crippen molar-refractivity contribution >= 4 is 16.9 Å². The van der Waals surface area contributed by atoms with Crippen LogP contribution in [0.5, 0.6) is 0 Å². The lowest BCUT2D eigenvalue weighted by Gasteiger charge is -2.07. The Morgan fingerprint density at radius 1 is 1.47 bits per heavy atom. The number of esters is 1. The van der Waals surface area contributed by atoms with Crippen molar-refractivity contribution in [3.8, 4) is 0 Å². The first-order chi connectivity index (χ1) is 8.09. The monoisotopic (exact) mass is 237 g/mol. The Hall–Kier alpha value is -2.04. The van der Waals surface area contributed by atoms with Crippen LogP contribution in [0.4, 0.5) is 8.78 Å². The number of fused-ring (bicyclic) bond motifs is 1. The van der Waals surface area contributed by atoms with Crippen LogP contribution in [-0.4, -0.2) is 11.0 Å². The standard InChI is InChI=1S/C12H9F2NO2/c1-7(16)17-6-9-10(13)5-11-8(12(9)14)3-2-4-15-11/h2-5H,6H2,1H3. The van der Waals surface area contributed by atoms with E-state index >= 15 is 0 Å². The van der Waals surface area contributed by atoms with Gasteiger partial charge in [-0.05, 0) is 12.1 Å². The summed E-state index contributed by atoms with van der Waals surface area (Å²) in [6.45, 7) is 0.760. The fraction of sp³-hybridized carbons (Fsp3) is 0.167. The lowest BCUT2D eigenvalue weighted by molar-refractivity contribution is -0.142. The van der Waals surface area contributed by atoms with E-state index in [1.807, 2.05) is 0 Å². The van der Waals surface area contributed by atoms with E-state index in [0.29, 0.717) is 0 Å². The average molecular weight is 237 g/mol. The van der Waals surface area contributed by atoms with Crippen molar-refractivity contribution in [3.63, 3.8) is 0 Å². The molecule has 1 aromatic carbocycles. The van der Waals surface area contributed by atoms with Gasteiger partial charge in [0.1, 0.15) is 18.2 Å². The Balaban J connectivity index is 2.51. The number of carbonyl (C=O) groups excluding carboxylic acids is 1. The Morgan fingerprint density at radius 2 is 2.24 bits per heavy atom. The van der Waals surface area contributed by atoms with Crippen LogP contribution < -0.4 is 0 Å². The maximum absolute atomic E-state index is 13.9. The summed E-state index contributed by atoms with van der Waals surface area (Å²) in [5.74, 6) is -2.10. The fourth-order valence-electron chi connectivity index (χ4n) is 1.50. The molecule has 0 aliphatic heterocycles. The van der Waals surface area contributed by atoms with Gasteiger partial charge in [0.25, 0.3) is 0 Å². The van der Waals surface area contributed by atoms with Crippen LogP contribution in [0.3, 0.4) is 0 Å². The molecule has 0 aliphatic carbocycles. The first kappa shape index (κ1) is 11.4. The molecule has 0 amide bonds. The molecule has 2 aromatic rings. The maximum Gasteiger partial charge on any atom is 0.302 e. The molecule has 2 rings (SSSR count). The van der Waals surface area contributed by atoms with Gasteiger partial charge in [0.2, 0.25) is 0 Å². The summed E-state index contributed by atoms with van der Waals surface area (Å²) < 4.78 is 32.1. The highest BCUT2D eigenvalue weighted by Gasteiger charge is 2.15. The first-order valence-electron chi connectivity index (χ1n) is 4.94. The fourth-order valence-corrected chi connectivity index (χ4v) is 1.50. The maximum atomic E-state index is 13.9. The number of rotatable bonds is 2. The van der Waals surface area contributed by atoms with E-state index in [1.165, 1.54) is 19.2 Å². The zero-order chi connectivity index (χ0) is 12.4. The number of ether oxygens (including phenoxy) is 1. The third-order valence-electron chi connectivity index (χ3n) is 2.31. The summed E-state index contributed by atoms with van der Waals surface area (Å²) in [5, 5.41) is 0.205. The molecular formula is C12H9F2NO2. The number of nitrogens with zero attached hydrogens (tertiary/aromatic N) is 1. The van der Waals surface area contributed by atoms with Gasteiger partial charge in [-0.25, -0.2) is 8.78 Å². The molecular weight excluding hydrogens is 228 g/mol. The molecule has 0 fully saturated rings. The van der Waals surface area contributed by atoms with E-state index in [2.05, 4.69) is 9.72 Å². The molecule has 0 spiro atoms. The van der Waals surface area contributed by atoms with Crippen LogP contribution >= 0.6 is 0 Å². The predicted octanol–water partition coefficient (Wildman–Crippen LogP) is 2.58. The second-order valence-corrected chi connectivity index (χ2v) is 3.50. The highest BCUT2D eigenvalue weighted by Crippen LogP contribution is 2.23. The van der Waals surface area contributed by atoms with Gasteiger partial charge in [-0.1, -0.05) is 0 Å². The molecule has 3 nitrogen and oxygen atoms in total. The second kappa shape index (κ2) is 4.45. The largest absolute Gasteiger partial charge is 0.461 e. The van der Waals surface area contributed by atoms with Crippen LogP contribution in [0.1, 0.15) is 12.5 Å². The quantitative estimate of drug-likeness (QED) is 0.753. The smallest absolute Gasteiger partial charge is 0.302 e. The summed E-state index contributed by atoms with van der Waals surface area (Å²) >= 11 is 0. The highest BCUT2D eigenvalue weighted by molar-refractivity contribution is 5.80. The molecule has 0 atom stereocenters. The minimum Gasteiger partial charge on any atom is -0.461 e. The van der Waals surface area contributed by atoms with E-state index in [1.54, 1.807) is 6.07 Å². The molecule has 88 valence electrons. The lowest BCUT2D eigenvalue weighted by atomic mass is 10.1. The number of aromatic nitrogens is 1. The summed E-state index contributed by atoms with van der Waals surface area (Å²) in [5.41, 5.74) is -0.0326. The summed E-state index contributed by atoms with van der Waals surface area (Å²) in [6, 6.07) is 4.17. The van der Waals surface area contributed by atoms with Gasteiger partial charge in [0, 0.05) is 24.6 Å². The minimum atomic E-state index is -0.769. The van der Waals surface area contributed by atoms with Crippen molar-refractivity contribution in [3.05, 3.63) is 41.6 Å². The average Bonchev–Trinajstić information content (AvgIpc) is 2.28. The van der Waals surface area contributed by atoms with Gasteiger partial charge in [0.15, 0.2) is 0 Å². The van der Waals surface area contributed by atoms with Crippen LogP contribution in [0.2, 0.25) is 0 Å². The Morgan fingerprint density at radius 3 is 2.94 bits per heavy atom. The highest BCUT2D eigenvalue weighted by atomic mass is 19.1. The molecule has 0 radical (unpaired) electrons. The lowest BCUT2D eigenvalue weighted by Crippen LogP contribution is -2.04. The van der Waals surface area contributed by atoms with E-state index < -0.39 is 24.2 Å². The molecule has 5 heteroatoms.